The Morgan fingerprint density at radius 3 is 2.28 bits per heavy atom. The maximum absolute atomic E-state index is 12.2. The maximum Gasteiger partial charge on any atom is 0.243 e. The highest BCUT2D eigenvalue weighted by atomic mass is 32.2. The maximum atomic E-state index is 12.2. The summed E-state index contributed by atoms with van der Waals surface area (Å²) in [5.74, 6) is 0. The van der Waals surface area contributed by atoms with Gasteiger partial charge in [-0.3, -0.25) is 0 Å². The molecule has 6 nitrogen and oxygen atoms in total. The van der Waals surface area contributed by atoms with Crippen LogP contribution in [0.15, 0.2) is 29.2 Å². The first kappa shape index (κ1) is 15.1. The van der Waals surface area contributed by atoms with E-state index in [9.17, 15) is 8.42 Å². The predicted octanol–water partition coefficient (Wildman–Crippen LogP) is -0.879. The molecule has 4 N–H and O–H groups in total. The van der Waals surface area contributed by atoms with Crippen LogP contribution in [0.2, 0.25) is 0 Å². The molecule has 0 unspecified atom stereocenters. The Morgan fingerprint density at radius 2 is 1.78 bits per heavy atom. The summed E-state index contributed by atoms with van der Waals surface area (Å²) < 4.78 is 25.5. The molecule has 7 heteroatoms. The molecule has 1 aromatic rings. The molecule has 0 saturated heterocycles. The summed E-state index contributed by atoms with van der Waals surface area (Å²) >= 11 is 0. The minimum absolute atomic E-state index is 0.0459. The van der Waals surface area contributed by atoms with E-state index in [0.717, 1.165) is 4.31 Å². The zero-order valence-electron chi connectivity index (χ0n) is 9.99. The van der Waals surface area contributed by atoms with Gasteiger partial charge in [-0.05, 0) is 17.7 Å². The molecule has 102 valence electrons. The van der Waals surface area contributed by atoms with Crippen molar-refractivity contribution >= 4 is 10.0 Å². The van der Waals surface area contributed by atoms with Crippen LogP contribution in [-0.2, 0) is 16.6 Å². The van der Waals surface area contributed by atoms with Crippen molar-refractivity contribution in [3.05, 3.63) is 29.8 Å². The SMILES string of the molecule is NCc1cccc(S(=O)(=O)N(CCO)CCO)c1. The zero-order valence-corrected chi connectivity index (χ0v) is 10.8. The highest BCUT2D eigenvalue weighted by Gasteiger charge is 2.23. The number of benzene rings is 1. The fourth-order valence-corrected chi connectivity index (χ4v) is 3.05. The zero-order chi connectivity index (χ0) is 13.6. The third kappa shape index (κ3) is 3.50. The Kier molecular flexibility index (Phi) is 5.70. The van der Waals surface area contributed by atoms with E-state index < -0.39 is 10.0 Å². The molecule has 0 bridgehead atoms. The molecule has 0 aliphatic carbocycles. The molecule has 0 heterocycles. The van der Waals surface area contributed by atoms with E-state index in [1.807, 2.05) is 0 Å². The molecule has 0 amide bonds. The number of hydrogen-bond acceptors (Lipinski definition) is 5. The Morgan fingerprint density at radius 1 is 1.17 bits per heavy atom. The van der Waals surface area contributed by atoms with Gasteiger partial charge in [0.25, 0.3) is 0 Å². The van der Waals surface area contributed by atoms with E-state index >= 15 is 0 Å². The molecule has 0 radical (unpaired) electrons. The molecule has 0 fully saturated rings. The van der Waals surface area contributed by atoms with Crippen molar-refractivity contribution in [2.24, 2.45) is 5.73 Å². The van der Waals surface area contributed by atoms with Crippen molar-refractivity contribution in [2.75, 3.05) is 26.3 Å². The van der Waals surface area contributed by atoms with E-state index in [1.54, 1.807) is 12.1 Å². The lowest BCUT2D eigenvalue weighted by molar-refractivity contribution is 0.217. The summed E-state index contributed by atoms with van der Waals surface area (Å²) in [6.45, 7) is -0.430. The van der Waals surface area contributed by atoms with Crippen molar-refractivity contribution in [3.8, 4) is 0 Å². The first-order valence-electron chi connectivity index (χ1n) is 5.57. The second-order valence-electron chi connectivity index (χ2n) is 3.70. The van der Waals surface area contributed by atoms with Crippen molar-refractivity contribution in [3.63, 3.8) is 0 Å². The van der Waals surface area contributed by atoms with Gasteiger partial charge >= 0.3 is 0 Å². The number of aliphatic hydroxyl groups excluding tert-OH is 2. The van der Waals surface area contributed by atoms with Crippen LogP contribution in [0, 0.1) is 0 Å². The summed E-state index contributed by atoms with van der Waals surface area (Å²) in [5, 5.41) is 17.7. The average molecular weight is 274 g/mol. The van der Waals surface area contributed by atoms with Crippen molar-refractivity contribution < 1.29 is 18.6 Å². The van der Waals surface area contributed by atoms with Crippen LogP contribution >= 0.6 is 0 Å². The normalized spacial score (nSPS) is 12.0. The molecule has 0 atom stereocenters. The number of aliphatic hydroxyl groups is 2. The van der Waals surface area contributed by atoms with Gasteiger partial charge in [0.2, 0.25) is 10.0 Å². The number of rotatable bonds is 7. The van der Waals surface area contributed by atoms with Gasteiger partial charge in [-0.25, -0.2) is 8.42 Å². The van der Waals surface area contributed by atoms with Crippen LogP contribution in [0.1, 0.15) is 5.56 Å². The molecule has 0 saturated carbocycles. The van der Waals surface area contributed by atoms with Gasteiger partial charge in [0.15, 0.2) is 0 Å². The smallest absolute Gasteiger partial charge is 0.243 e. The second-order valence-corrected chi connectivity index (χ2v) is 5.64. The highest BCUT2D eigenvalue weighted by Crippen LogP contribution is 2.16. The fourth-order valence-electron chi connectivity index (χ4n) is 1.56. The number of hydrogen-bond donors (Lipinski definition) is 3. The van der Waals surface area contributed by atoms with Gasteiger partial charge in [0, 0.05) is 19.6 Å². The van der Waals surface area contributed by atoms with Gasteiger partial charge in [0.05, 0.1) is 18.1 Å². The van der Waals surface area contributed by atoms with E-state index in [-0.39, 0.29) is 37.7 Å². The first-order valence-corrected chi connectivity index (χ1v) is 7.01. The Bertz CT molecular complexity index is 470. The van der Waals surface area contributed by atoms with Crippen LogP contribution in [0.4, 0.5) is 0 Å². The van der Waals surface area contributed by atoms with Crippen molar-refractivity contribution in [2.45, 2.75) is 11.4 Å². The van der Waals surface area contributed by atoms with E-state index in [4.69, 9.17) is 15.9 Å². The van der Waals surface area contributed by atoms with Crippen LogP contribution in [-0.4, -0.2) is 49.2 Å². The van der Waals surface area contributed by atoms with Gasteiger partial charge in [-0.1, -0.05) is 12.1 Å². The summed E-state index contributed by atoms with van der Waals surface area (Å²) in [6, 6.07) is 6.32. The fraction of sp³-hybridized carbons (Fsp3) is 0.455. The summed E-state index contributed by atoms with van der Waals surface area (Å²) in [4.78, 5) is 0.118. The summed E-state index contributed by atoms with van der Waals surface area (Å²) in [6.07, 6.45) is 0. The largest absolute Gasteiger partial charge is 0.395 e. The Labute approximate surface area is 107 Å². The molecule has 0 aromatic heterocycles. The van der Waals surface area contributed by atoms with Crippen molar-refractivity contribution in [1.82, 2.24) is 4.31 Å². The molecule has 18 heavy (non-hydrogen) atoms. The lowest BCUT2D eigenvalue weighted by Gasteiger charge is -2.20. The van der Waals surface area contributed by atoms with Crippen LogP contribution < -0.4 is 5.73 Å². The second kappa shape index (κ2) is 6.81. The van der Waals surface area contributed by atoms with Crippen LogP contribution in [0.5, 0.6) is 0 Å². The molecular weight excluding hydrogens is 256 g/mol. The monoisotopic (exact) mass is 274 g/mol. The van der Waals surface area contributed by atoms with Crippen molar-refractivity contribution in [1.29, 1.82) is 0 Å². The topological polar surface area (TPSA) is 104 Å². The molecule has 1 rings (SSSR count). The molecule has 0 spiro atoms. The number of nitrogens with two attached hydrogens (primary N) is 1. The minimum Gasteiger partial charge on any atom is -0.395 e. The lowest BCUT2D eigenvalue weighted by Crippen LogP contribution is -2.35. The Balaban J connectivity index is 3.08. The number of nitrogens with zero attached hydrogens (tertiary/aromatic N) is 1. The summed E-state index contributed by atoms with van der Waals surface area (Å²) in [5.41, 5.74) is 6.18. The summed E-state index contributed by atoms with van der Waals surface area (Å²) in [7, 11) is -3.70. The van der Waals surface area contributed by atoms with Gasteiger partial charge < -0.3 is 15.9 Å². The first-order chi connectivity index (χ1) is 8.56. The third-order valence-corrected chi connectivity index (χ3v) is 4.37. The van der Waals surface area contributed by atoms with E-state index in [2.05, 4.69) is 0 Å². The quantitative estimate of drug-likeness (QED) is 0.599. The third-order valence-electron chi connectivity index (χ3n) is 2.47. The van der Waals surface area contributed by atoms with Crippen LogP contribution in [0.25, 0.3) is 0 Å². The van der Waals surface area contributed by atoms with E-state index in [0.29, 0.717) is 5.56 Å². The lowest BCUT2D eigenvalue weighted by atomic mass is 10.2. The molecular formula is C11H18N2O4S. The van der Waals surface area contributed by atoms with Gasteiger partial charge in [-0.2, -0.15) is 4.31 Å². The van der Waals surface area contributed by atoms with Gasteiger partial charge in [0.1, 0.15) is 0 Å². The van der Waals surface area contributed by atoms with Gasteiger partial charge in [-0.15, -0.1) is 0 Å². The predicted molar refractivity (Wildman–Crippen MR) is 67.3 cm³/mol. The minimum atomic E-state index is -3.70. The number of sulfonamides is 1. The highest BCUT2D eigenvalue weighted by molar-refractivity contribution is 7.89. The standard InChI is InChI=1S/C11H18N2O4S/c12-9-10-2-1-3-11(8-10)18(16,17)13(4-6-14)5-7-15/h1-3,8,14-15H,4-7,9,12H2. The van der Waals surface area contributed by atoms with E-state index in [1.165, 1.54) is 12.1 Å². The molecule has 1 aromatic carbocycles. The Hall–Kier alpha value is -0.990. The van der Waals surface area contributed by atoms with Crippen LogP contribution in [0.3, 0.4) is 0 Å². The molecule has 0 aliphatic rings. The molecule has 0 aliphatic heterocycles. The average Bonchev–Trinajstić information content (AvgIpc) is 2.38.